The van der Waals surface area contributed by atoms with Crippen LogP contribution in [-0.2, 0) is 4.74 Å². The highest BCUT2D eigenvalue weighted by Crippen LogP contribution is 2.03. The van der Waals surface area contributed by atoms with Crippen LogP contribution in [-0.4, -0.2) is 66.6 Å². The molecule has 2 N–H and O–H groups in total. The minimum Gasteiger partial charge on any atom is -0.394 e. The molecule has 0 aliphatic carbocycles. The quantitative estimate of drug-likeness (QED) is 0.644. The Kier molecular flexibility index (Phi) is 6.03. The topological polar surface area (TPSA) is 87.6 Å². The fraction of sp³-hybridized carbons (Fsp3) is 0.545. The normalized spacial score (nSPS) is 10.2. The Morgan fingerprint density at radius 1 is 1.39 bits per heavy atom. The summed E-state index contributed by atoms with van der Waals surface area (Å²) in [5.74, 6) is 0.401. The number of carbonyl (C=O) groups is 1. The summed E-state index contributed by atoms with van der Waals surface area (Å²) < 4.78 is 5.08. The van der Waals surface area contributed by atoms with Gasteiger partial charge in [-0.3, -0.25) is 4.79 Å². The number of aliphatic hydroxyl groups is 1. The lowest BCUT2D eigenvalue weighted by Crippen LogP contribution is -2.23. The van der Waals surface area contributed by atoms with E-state index in [9.17, 15) is 4.79 Å². The maximum Gasteiger partial charge on any atom is 0.273 e. The summed E-state index contributed by atoms with van der Waals surface area (Å²) in [6.45, 7) is 1.38. The van der Waals surface area contributed by atoms with Gasteiger partial charge in [-0.15, -0.1) is 10.2 Å². The third kappa shape index (κ3) is 4.64. The Balaban J connectivity index is 2.38. The number of hydrogen-bond donors (Lipinski definition) is 2. The smallest absolute Gasteiger partial charge is 0.273 e. The van der Waals surface area contributed by atoms with Crippen LogP contribution in [0.5, 0.6) is 0 Å². The van der Waals surface area contributed by atoms with E-state index in [1.165, 1.54) is 4.90 Å². The van der Waals surface area contributed by atoms with Gasteiger partial charge in [0.1, 0.15) is 5.82 Å². The van der Waals surface area contributed by atoms with E-state index in [0.29, 0.717) is 31.3 Å². The van der Waals surface area contributed by atoms with E-state index < -0.39 is 0 Å². The Morgan fingerprint density at radius 2 is 2.17 bits per heavy atom. The first-order valence-electron chi connectivity index (χ1n) is 5.63. The summed E-state index contributed by atoms with van der Waals surface area (Å²) in [5.41, 5.74) is 0.307. The molecule has 0 bridgehead atoms. The minimum absolute atomic E-state index is 0.0150. The van der Waals surface area contributed by atoms with Crippen molar-refractivity contribution in [1.29, 1.82) is 0 Å². The molecule has 0 saturated carbocycles. The van der Waals surface area contributed by atoms with Crippen LogP contribution in [0.4, 0.5) is 5.82 Å². The molecular formula is C11H18N4O3. The van der Waals surface area contributed by atoms with Crippen LogP contribution < -0.4 is 5.32 Å². The zero-order chi connectivity index (χ0) is 13.4. The summed E-state index contributed by atoms with van der Waals surface area (Å²) >= 11 is 0. The molecule has 1 aromatic heterocycles. The average molecular weight is 254 g/mol. The van der Waals surface area contributed by atoms with Crippen molar-refractivity contribution in [3.8, 4) is 0 Å². The Bertz CT molecular complexity index is 367. The molecule has 100 valence electrons. The molecule has 0 atom stereocenters. The molecule has 1 rings (SSSR count). The number of ether oxygens (including phenoxy) is 1. The first-order chi connectivity index (χ1) is 8.65. The Labute approximate surface area is 106 Å². The van der Waals surface area contributed by atoms with Gasteiger partial charge in [-0.25, -0.2) is 0 Å². The molecule has 18 heavy (non-hydrogen) atoms. The lowest BCUT2D eigenvalue weighted by atomic mass is 10.3. The van der Waals surface area contributed by atoms with Crippen molar-refractivity contribution >= 4 is 11.7 Å². The lowest BCUT2D eigenvalue weighted by molar-refractivity contribution is 0.0821. The maximum atomic E-state index is 11.5. The van der Waals surface area contributed by atoms with Gasteiger partial charge in [0.15, 0.2) is 5.69 Å². The highest BCUT2D eigenvalue weighted by atomic mass is 16.5. The van der Waals surface area contributed by atoms with Crippen LogP contribution in [0.2, 0.25) is 0 Å². The fourth-order valence-electron chi connectivity index (χ4n) is 1.19. The van der Waals surface area contributed by atoms with Crippen LogP contribution in [0.15, 0.2) is 12.1 Å². The highest BCUT2D eigenvalue weighted by molar-refractivity contribution is 5.91. The number of aliphatic hydroxyl groups excluding tert-OH is 1. The van der Waals surface area contributed by atoms with Crippen LogP contribution in [0.25, 0.3) is 0 Å². The molecule has 1 aromatic rings. The van der Waals surface area contributed by atoms with Gasteiger partial charge in [-0.1, -0.05) is 0 Å². The van der Waals surface area contributed by atoms with E-state index in [1.54, 1.807) is 26.2 Å². The van der Waals surface area contributed by atoms with Gasteiger partial charge < -0.3 is 20.1 Å². The Morgan fingerprint density at radius 3 is 2.72 bits per heavy atom. The standard InChI is InChI=1S/C11H18N4O3/c1-15(2)11(17)9-3-4-10(14-13-9)12-5-7-18-8-6-16/h3-4,16H,5-8H2,1-2H3,(H,12,14). The number of carbonyl (C=O) groups excluding carboxylic acids is 1. The molecule has 0 spiro atoms. The summed E-state index contributed by atoms with van der Waals surface area (Å²) in [6.07, 6.45) is 0. The SMILES string of the molecule is CN(C)C(=O)c1ccc(NCCOCCO)nn1. The van der Waals surface area contributed by atoms with Crippen LogP contribution in [0.3, 0.4) is 0 Å². The van der Waals surface area contributed by atoms with Crippen LogP contribution >= 0.6 is 0 Å². The molecule has 0 aliphatic rings. The van der Waals surface area contributed by atoms with Crippen molar-refractivity contribution in [3.05, 3.63) is 17.8 Å². The van der Waals surface area contributed by atoms with Gasteiger partial charge in [0.05, 0.1) is 19.8 Å². The van der Waals surface area contributed by atoms with Crippen molar-refractivity contribution < 1.29 is 14.6 Å². The molecule has 1 heterocycles. The van der Waals surface area contributed by atoms with Gasteiger partial charge in [0.2, 0.25) is 0 Å². The summed E-state index contributed by atoms with van der Waals surface area (Å²) in [6, 6.07) is 3.31. The van der Waals surface area contributed by atoms with E-state index in [0.717, 1.165) is 0 Å². The maximum absolute atomic E-state index is 11.5. The van der Waals surface area contributed by atoms with E-state index in [1.807, 2.05) is 0 Å². The number of aromatic nitrogens is 2. The second kappa shape index (κ2) is 7.57. The second-order valence-corrected chi connectivity index (χ2v) is 3.77. The van der Waals surface area contributed by atoms with Gasteiger partial charge in [-0.2, -0.15) is 0 Å². The van der Waals surface area contributed by atoms with E-state index in [4.69, 9.17) is 9.84 Å². The molecule has 7 nitrogen and oxygen atoms in total. The highest BCUT2D eigenvalue weighted by Gasteiger charge is 2.09. The molecule has 0 unspecified atom stereocenters. The average Bonchev–Trinajstić information content (AvgIpc) is 2.38. The summed E-state index contributed by atoms with van der Waals surface area (Å²) in [4.78, 5) is 13.0. The van der Waals surface area contributed by atoms with Crippen molar-refractivity contribution in [2.24, 2.45) is 0 Å². The zero-order valence-corrected chi connectivity index (χ0v) is 10.6. The fourth-order valence-corrected chi connectivity index (χ4v) is 1.19. The first-order valence-corrected chi connectivity index (χ1v) is 5.63. The summed E-state index contributed by atoms with van der Waals surface area (Å²) in [5, 5.41) is 19.2. The van der Waals surface area contributed by atoms with Gasteiger partial charge in [0.25, 0.3) is 5.91 Å². The number of hydrogen-bond acceptors (Lipinski definition) is 6. The minimum atomic E-state index is -0.180. The largest absolute Gasteiger partial charge is 0.394 e. The molecule has 7 heteroatoms. The molecule has 0 radical (unpaired) electrons. The van der Waals surface area contributed by atoms with Gasteiger partial charge in [-0.05, 0) is 12.1 Å². The third-order valence-corrected chi connectivity index (χ3v) is 2.08. The number of nitrogens with one attached hydrogen (secondary N) is 1. The van der Waals surface area contributed by atoms with Crippen molar-refractivity contribution in [3.63, 3.8) is 0 Å². The number of amides is 1. The first kappa shape index (κ1) is 14.3. The van der Waals surface area contributed by atoms with Gasteiger partial charge in [0, 0.05) is 20.6 Å². The zero-order valence-electron chi connectivity index (χ0n) is 10.6. The summed E-state index contributed by atoms with van der Waals surface area (Å²) in [7, 11) is 3.32. The Hall–Kier alpha value is -1.73. The molecular weight excluding hydrogens is 236 g/mol. The second-order valence-electron chi connectivity index (χ2n) is 3.77. The molecule has 0 aromatic carbocycles. The van der Waals surface area contributed by atoms with E-state index in [2.05, 4.69) is 15.5 Å². The van der Waals surface area contributed by atoms with E-state index >= 15 is 0 Å². The number of nitrogens with zero attached hydrogens (tertiary/aromatic N) is 3. The van der Waals surface area contributed by atoms with Gasteiger partial charge >= 0.3 is 0 Å². The van der Waals surface area contributed by atoms with Crippen LogP contribution in [0.1, 0.15) is 10.5 Å². The van der Waals surface area contributed by atoms with Crippen LogP contribution in [0, 0.1) is 0 Å². The van der Waals surface area contributed by atoms with Crippen molar-refractivity contribution in [2.45, 2.75) is 0 Å². The number of rotatable bonds is 7. The molecule has 0 saturated heterocycles. The lowest BCUT2D eigenvalue weighted by Gasteiger charge is -2.09. The monoisotopic (exact) mass is 254 g/mol. The molecule has 0 aliphatic heterocycles. The predicted molar refractivity (Wildman–Crippen MR) is 66.4 cm³/mol. The third-order valence-electron chi connectivity index (χ3n) is 2.08. The number of anilines is 1. The predicted octanol–water partition coefficient (Wildman–Crippen LogP) is -0.401. The van der Waals surface area contributed by atoms with E-state index in [-0.39, 0.29) is 12.5 Å². The molecule has 1 amide bonds. The molecule has 0 fully saturated rings. The van der Waals surface area contributed by atoms with Crippen molar-refractivity contribution in [1.82, 2.24) is 15.1 Å². The van der Waals surface area contributed by atoms with Crippen molar-refractivity contribution in [2.75, 3.05) is 45.8 Å².